The smallest absolute Gasteiger partial charge is 0.136 e. The molecule has 0 aliphatic rings. The molecule has 0 unspecified atom stereocenters. The van der Waals surface area contributed by atoms with Gasteiger partial charge in [0.05, 0.1) is 0 Å². The van der Waals surface area contributed by atoms with Gasteiger partial charge >= 0.3 is 0 Å². The summed E-state index contributed by atoms with van der Waals surface area (Å²) in [5, 5.41) is 4.24. The lowest BCUT2D eigenvalue weighted by atomic mass is 9.86. The van der Waals surface area contributed by atoms with Crippen LogP contribution in [0.3, 0.4) is 0 Å². The first kappa shape index (κ1) is 37.8. The Hall–Kier alpha value is -5.74. The number of hydrogen-bond donors (Lipinski definition) is 0. The monoisotopic (exact) mass is 766 g/mol. The van der Waals surface area contributed by atoms with E-state index in [2.05, 4.69) is 192 Å². The Morgan fingerprint density at radius 1 is 0.259 bits per heavy atom. The predicted octanol–water partition coefficient (Wildman–Crippen LogP) is 16.5. The highest BCUT2D eigenvalue weighted by Crippen LogP contribution is 2.47. The number of rotatable bonds is 4. The first-order chi connectivity index (χ1) is 27.2. The molecule has 0 saturated carbocycles. The van der Waals surface area contributed by atoms with Gasteiger partial charge in [-0.3, -0.25) is 0 Å². The van der Waals surface area contributed by atoms with Crippen LogP contribution in [0.1, 0.15) is 105 Å². The second-order valence-corrected chi connectivity index (χ2v) is 20.4. The molecule has 0 aliphatic carbocycles. The fourth-order valence-corrected chi connectivity index (χ4v) is 7.99. The van der Waals surface area contributed by atoms with Gasteiger partial charge in [-0.05, 0) is 129 Å². The zero-order chi connectivity index (χ0) is 41.1. The van der Waals surface area contributed by atoms with E-state index in [4.69, 9.17) is 17.7 Å². The lowest BCUT2D eigenvalue weighted by Gasteiger charge is -2.18. The number of benzene rings is 5. The summed E-state index contributed by atoms with van der Waals surface area (Å²) in [7, 11) is 0. The third-order valence-electron chi connectivity index (χ3n) is 11.7. The van der Waals surface area contributed by atoms with Crippen LogP contribution < -0.4 is 0 Å². The van der Waals surface area contributed by atoms with Gasteiger partial charge in [-0.2, -0.15) is 0 Å². The molecule has 0 radical (unpaired) electrons. The number of hydrogen-bond acceptors (Lipinski definition) is 4. The highest BCUT2D eigenvalue weighted by molar-refractivity contribution is 5.98. The van der Waals surface area contributed by atoms with Crippen molar-refractivity contribution in [3.05, 3.63) is 131 Å². The predicted molar refractivity (Wildman–Crippen MR) is 242 cm³/mol. The zero-order valence-corrected chi connectivity index (χ0v) is 36.0. The lowest BCUT2D eigenvalue weighted by molar-refractivity contribution is 0.589. The third-order valence-corrected chi connectivity index (χ3v) is 11.7. The summed E-state index contributed by atoms with van der Waals surface area (Å²) in [4.78, 5) is 0. The van der Waals surface area contributed by atoms with Crippen molar-refractivity contribution in [1.82, 2.24) is 0 Å². The molecule has 0 amide bonds. The minimum atomic E-state index is 0.000160. The van der Waals surface area contributed by atoms with Gasteiger partial charge in [0.2, 0.25) is 0 Å². The Kier molecular flexibility index (Phi) is 8.40. The number of furan rings is 4. The second-order valence-electron chi connectivity index (χ2n) is 20.4. The van der Waals surface area contributed by atoms with Crippen molar-refractivity contribution in [2.75, 3.05) is 0 Å². The molecule has 0 spiro atoms. The van der Waals surface area contributed by atoms with Crippen LogP contribution in [-0.2, 0) is 21.7 Å². The van der Waals surface area contributed by atoms with Crippen LogP contribution in [-0.4, -0.2) is 0 Å². The van der Waals surface area contributed by atoms with Crippen molar-refractivity contribution < 1.29 is 17.7 Å². The van der Waals surface area contributed by atoms with Gasteiger partial charge in [0.25, 0.3) is 0 Å². The van der Waals surface area contributed by atoms with Crippen LogP contribution in [0.15, 0.2) is 127 Å². The van der Waals surface area contributed by atoms with Crippen LogP contribution in [0.2, 0.25) is 0 Å². The molecule has 58 heavy (non-hydrogen) atoms. The van der Waals surface area contributed by atoms with Crippen molar-refractivity contribution in [3.8, 4) is 45.3 Å². The SMILES string of the molecule is CC(C)(C)c1ccc2oc(-c3cc(-c4cc5cc(C(C)(C)C)ccc5o4)c(-c4cc5cc(C(C)(C)C)ccc5o4)cc3-c3cc4cc(C(C)(C)C)ccc4o3)cc2c1. The number of fused-ring (bicyclic) bond motifs is 4. The molecule has 4 heterocycles. The van der Waals surface area contributed by atoms with Crippen LogP contribution >= 0.6 is 0 Å². The van der Waals surface area contributed by atoms with Crippen LogP contribution in [0.5, 0.6) is 0 Å². The fourth-order valence-electron chi connectivity index (χ4n) is 7.99. The normalized spacial score (nSPS) is 13.2. The largest absolute Gasteiger partial charge is 0.456 e. The molecular weight excluding hydrogens is 713 g/mol. The van der Waals surface area contributed by atoms with Crippen molar-refractivity contribution >= 4 is 43.9 Å². The molecule has 0 fully saturated rings. The summed E-state index contributed by atoms with van der Waals surface area (Å²) >= 11 is 0. The highest BCUT2D eigenvalue weighted by atomic mass is 16.3. The summed E-state index contributed by atoms with van der Waals surface area (Å²) in [5.74, 6) is 3.02. The third kappa shape index (κ3) is 6.77. The maximum Gasteiger partial charge on any atom is 0.136 e. The highest BCUT2D eigenvalue weighted by Gasteiger charge is 2.26. The summed E-state index contributed by atoms with van der Waals surface area (Å²) < 4.78 is 27.1. The Balaban J connectivity index is 1.34. The minimum absolute atomic E-state index is 0.000160. The van der Waals surface area contributed by atoms with E-state index in [1.165, 1.54) is 22.3 Å². The molecular formula is C54H54O4. The molecule has 4 heteroatoms. The Morgan fingerprint density at radius 3 is 0.655 bits per heavy atom. The van der Waals surface area contributed by atoms with Crippen molar-refractivity contribution in [2.45, 2.75) is 105 Å². The Labute approximate surface area is 341 Å². The molecule has 5 aromatic carbocycles. The van der Waals surface area contributed by atoms with E-state index >= 15 is 0 Å². The summed E-state index contributed by atoms with van der Waals surface area (Å²) in [6.07, 6.45) is 0. The van der Waals surface area contributed by atoms with E-state index in [1.807, 2.05) is 0 Å². The van der Waals surface area contributed by atoms with Crippen molar-refractivity contribution in [3.63, 3.8) is 0 Å². The standard InChI is InChI=1S/C54H54O4/c1-51(2,3)35-13-17-43-31(21-35)25-47(55-43)39-29-41(49-27-33-23-37(53(7,8)9)15-19-45(33)57-49)42(50-28-34-24-38(54(10,11)12)16-20-46(34)58-50)30-40(39)48-26-32-22-36(52(4,5)6)14-18-44(32)56-48/h13-30H,1-12H3. The van der Waals surface area contributed by atoms with Gasteiger partial charge in [0, 0.05) is 43.8 Å². The first-order valence-corrected chi connectivity index (χ1v) is 20.5. The molecule has 4 aromatic heterocycles. The topological polar surface area (TPSA) is 52.6 Å². The van der Waals surface area contributed by atoms with E-state index in [0.29, 0.717) is 0 Å². The van der Waals surface area contributed by atoms with Crippen molar-refractivity contribution in [1.29, 1.82) is 0 Å². The van der Waals surface area contributed by atoms with E-state index in [-0.39, 0.29) is 21.7 Å². The molecule has 0 N–H and O–H groups in total. The fraction of sp³-hybridized carbons (Fsp3) is 0.296. The van der Waals surface area contributed by atoms with Crippen LogP contribution in [0, 0.1) is 0 Å². The van der Waals surface area contributed by atoms with Gasteiger partial charge in [-0.15, -0.1) is 0 Å². The quantitative estimate of drug-likeness (QED) is 0.179. The molecule has 9 aromatic rings. The maximum atomic E-state index is 6.77. The summed E-state index contributed by atoms with van der Waals surface area (Å²) in [6, 6.07) is 39.1. The molecule has 9 rings (SSSR count). The Morgan fingerprint density at radius 2 is 0.466 bits per heavy atom. The molecule has 0 atom stereocenters. The first-order valence-electron chi connectivity index (χ1n) is 20.5. The summed E-state index contributed by atoms with van der Waals surface area (Å²) in [6.45, 7) is 26.9. The van der Waals surface area contributed by atoms with Gasteiger partial charge in [-0.25, -0.2) is 0 Å². The molecule has 0 aliphatic heterocycles. The lowest BCUT2D eigenvalue weighted by Crippen LogP contribution is -2.10. The van der Waals surface area contributed by atoms with E-state index in [9.17, 15) is 0 Å². The van der Waals surface area contributed by atoms with Gasteiger partial charge in [-0.1, -0.05) is 107 Å². The van der Waals surface area contributed by atoms with Gasteiger partial charge in [0.1, 0.15) is 45.4 Å². The van der Waals surface area contributed by atoms with Crippen LogP contribution in [0.25, 0.3) is 89.2 Å². The van der Waals surface area contributed by atoms with Gasteiger partial charge < -0.3 is 17.7 Å². The van der Waals surface area contributed by atoms with Crippen LogP contribution in [0.4, 0.5) is 0 Å². The second kappa shape index (κ2) is 12.9. The zero-order valence-electron chi connectivity index (χ0n) is 36.0. The maximum absolute atomic E-state index is 6.77. The molecule has 4 nitrogen and oxygen atoms in total. The van der Waals surface area contributed by atoms with E-state index in [0.717, 1.165) is 89.2 Å². The summed E-state index contributed by atoms with van der Waals surface area (Å²) in [5.41, 5.74) is 12.0. The Bertz CT molecular complexity index is 2620. The van der Waals surface area contributed by atoms with E-state index in [1.54, 1.807) is 0 Å². The van der Waals surface area contributed by atoms with Gasteiger partial charge in [0.15, 0.2) is 0 Å². The minimum Gasteiger partial charge on any atom is -0.456 e. The average Bonchev–Trinajstić information content (AvgIpc) is 3.95. The average molecular weight is 767 g/mol. The van der Waals surface area contributed by atoms with Crippen molar-refractivity contribution in [2.24, 2.45) is 0 Å². The van der Waals surface area contributed by atoms with E-state index < -0.39 is 0 Å². The molecule has 0 bridgehead atoms. The molecule has 294 valence electrons. The molecule has 0 saturated heterocycles.